The van der Waals surface area contributed by atoms with Gasteiger partial charge in [-0.1, -0.05) is 24.3 Å². The number of carbonyl (C=O) groups is 4. The standard InChI is InChI=1S/C23H31N5O4S.C22H21N7O2S.C20H20N8O2S.C18H15N7O3S/c1-30-13-7-6-10-25-22(29)17-16-33-23-19(17)21(28(11-14-31-2)12-15-32-3)26-20(27-23)18-8-4-5-9-24-18;30-21(25-8-5-15-4-7-23-14-26-15)16-13-32-22-18(16)20(29-9-11-31-12-10-29)27-19(28-22)17-3-1-2-6-24-17;29-19(22-6-4-15-23-12-24-27-15)13-11-31-20-16(13)18(28-7-9-30-10-8-28)25-17(26-20)14-3-1-2-5-21-14;1-28-11-6-21-12(23-17(11)27)7-22-16(26)9-8-29-18-13(9)14(19)24-15(25-18)10-4-2-3-5-20-10/h4-5,8-9,16H,6-7,10-15H2,1-3H3,(H,25,29);1-4,6-7,13-14H,5,8-12H2,(H,25,30);1-3,5,11-12H,4,6-10H2,(H,22,29)(H,23,24,27);2-6,8H,7H2,1H3,(H,22,26)(H2,19,24,25)(H,21,23,27). The highest BCUT2D eigenvalue weighted by Crippen LogP contribution is 2.39. The molecule has 0 spiro atoms. The molecular weight excluding hydrogens is 1680 g/mol. The zero-order chi connectivity index (χ0) is 86.6. The molecule has 2 fully saturated rings. The van der Waals surface area contributed by atoms with Gasteiger partial charge in [-0.15, -0.1) is 45.3 Å². The number of nitrogens with two attached hydrogens (primary N) is 1. The molecule has 15 aromatic heterocycles. The highest BCUT2D eigenvalue weighted by Gasteiger charge is 2.29. The lowest BCUT2D eigenvalue weighted by Gasteiger charge is -2.28. The van der Waals surface area contributed by atoms with E-state index in [0.29, 0.717) is 208 Å². The van der Waals surface area contributed by atoms with Crippen LogP contribution in [-0.4, -0.2) is 252 Å². The molecule has 8 N–H and O–H groups in total. The Bertz CT molecular complexity index is 6130. The van der Waals surface area contributed by atoms with E-state index in [1.807, 2.05) is 82.9 Å². The summed E-state index contributed by atoms with van der Waals surface area (Å²) in [6.45, 7) is 9.74. The molecule has 0 unspecified atom stereocenters. The lowest BCUT2D eigenvalue weighted by molar-refractivity contribution is 0.0944. The minimum atomic E-state index is -0.424. The van der Waals surface area contributed by atoms with Gasteiger partial charge in [0.15, 0.2) is 23.3 Å². The molecular formula is C83H87N27O11S4. The van der Waals surface area contributed by atoms with Crippen LogP contribution in [-0.2, 0) is 43.1 Å². The van der Waals surface area contributed by atoms with Crippen molar-refractivity contribution >= 4 is 133 Å². The van der Waals surface area contributed by atoms with Crippen molar-refractivity contribution in [1.29, 1.82) is 0 Å². The number of fused-ring (bicyclic) bond motifs is 4. The zero-order valence-corrected chi connectivity index (χ0v) is 71.7. The summed E-state index contributed by atoms with van der Waals surface area (Å²) in [6.07, 6.45) is 15.7. The van der Waals surface area contributed by atoms with Crippen molar-refractivity contribution in [1.82, 2.24) is 116 Å². The van der Waals surface area contributed by atoms with Gasteiger partial charge >= 0.3 is 0 Å². The first kappa shape index (κ1) is 87.9. The van der Waals surface area contributed by atoms with Gasteiger partial charge < -0.3 is 75.1 Å². The SMILES string of the molecule is COCCCCNC(=O)c1csc2nc(-c3ccccn3)nc(N(CCOC)CCOC)c12.COc1cnc(CNC(=O)c2csc3nc(-c4ccccn4)nc(N)c23)[nH]c1=O.O=C(NCCc1ccncn1)c1csc2nc(-c3ccccn3)nc(N3CCOCC3)c12.O=C(NCCc1ncn[nH]1)c1csc2nc(-c3ccccn3)nc(N3CCOCC3)c12. The fraction of sp³-hybridized carbons (Fsp3) is 0.301. The first-order valence-corrected chi connectivity index (χ1v) is 43.2. The number of aromatic amines is 2. The Morgan fingerprint density at radius 3 is 1.41 bits per heavy atom. The van der Waals surface area contributed by atoms with Gasteiger partial charge in [-0.2, -0.15) is 5.10 Å². The molecule has 0 saturated carbocycles. The van der Waals surface area contributed by atoms with Crippen molar-refractivity contribution in [3.63, 3.8) is 0 Å². The Kier molecular flexibility index (Phi) is 31.0. The third kappa shape index (κ3) is 22.5. The summed E-state index contributed by atoms with van der Waals surface area (Å²) in [4.78, 5) is 146. The number of H-pyrrole nitrogens is 2. The van der Waals surface area contributed by atoms with E-state index in [1.54, 1.807) is 69.8 Å². The van der Waals surface area contributed by atoms with E-state index in [2.05, 4.69) is 101 Å². The molecule has 2 aliphatic heterocycles. The highest BCUT2D eigenvalue weighted by atomic mass is 32.1. The average molecular weight is 1770 g/mol. The van der Waals surface area contributed by atoms with Crippen LogP contribution in [0.15, 0.2) is 155 Å². The lowest BCUT2D eigenvalue weighted by atomic mass is 10.2. The summed E-state index contributed by atoms with van der Waals surface area (Å²) in [6, 6.07) is 24.2. The predicted molar refractivity (Wildman–Crippen MR) is 476 cm³/mol. The number of methoxy groups -OCH3 is 4. The number of thiophene rings is 4. The number of aromatic nitrogens is 19. The van der Waals surface area contributed by atoms with Gasteiger partial charge in [0, 0.05) is 158 Å². The maximum Gasteiger partial charge on any atom is 0.293 e. The minimum absolute atomic E-state index is 0.0299. The number of unbranched alkanes of at least 4 members (excludes halogenated alkanes) is 1. The van der Waals surface area contributed by atoms with Crippen LogP contribution in [0.2, 0.25) is 0 Å². The van der Waals surface area contributed by atoms with E-state index in [-0.39, 0.29) is 41.7 Å². The van der Waals surface area contributed by atoms with Gasteiger partial charge in [-0.25, -0.2) is 59.8 Å². The van der Waals surface area contributed by atoms with E-state index in [1.165, 1.54) is 71.3 Å². The van der Waals surface area contributed by atoms with Gasteiger partial charge in [0.1, 0.15) is 89.7 Å². The van der Waals surface area contributed by atoms with Crippen molar-refractivity contribution in [2.75, 3.05) is 154 Å². The van der Waals surface area contributed by atoms with Crippen LogP contribution in [0.4, 0.5) is 23.3 Å². The van der Waals surface area contributed by atoms with Crippen molar-refractivity contribution < 1.29 is 47.6 Å². The summed E-state index contributed by atoms with van der Waals surface area (Å²) in [5, 5.41) is 28.3. The number of rotatable bonds is 31. The molecule has 17 rings (SSSR count). The second kappa shape index (κ2) is 44.0. The maximum absolute atomic E-state index is 13.1. The van der Waals surface area contributed by atoms with Gasteiger partial charge in [-0.05, 0) is 67.4 Å². The largest absolute Gasteiger partial charge is 0.490 e. The summed E-state index contributed by atoms with van der Waals surface area (Å²) >= 11 is 5.59. The molecule has 42 heteroatoms. The summed E-state index contributed by atoms with van der Waals surface area (Å²) < 4.78 is 31.6. The van der Waals surface area contributed by atoms with E-state index in [9.17, 15) is 24.0 Å². The average Bonchev–Trinajstić information content (AvgIpc) is 1.64. The van der Waals surface area contributed by atoms with Gasteiger partial charge in [0.2, 0.25) is 5.75 Å². The van der Waals surface area contributed by atoms with Gasteiger partial charge in [-0.3, -0.25) is 49.0 Å². The molecule has 4 amide bonds. The first-order chi connectivity index (χ1) is 61.3. The van der Waals surface area contributed by atoms with Crippen LogP contribution < -0.4 is 52.0 Å². The van der Waals surface area contributed by atoms with E-state index < -0.39 is 5.56 Å². The zero-order valence-electron chi connectivity index (χ0n) is 68.4. The predicted octanol–water partition coefficient (Wildman–Crippen LogP) is 8.40. The number of pyridine rings is 4. The van der Waals surface area contributed by atoms with Gasteiger partial charge in [0.25, 0.3) is 29.2 Å². The summed E-state index contributed by atoms with van der Waals surface area (Å²) in [5.74, 6) is 4.69. The number of carbonyl (C=O) groups excluding carboxylic acids is 4. The van der Waals surface area contributed by atoms with Crippen molar-refractivity contribution in [3.05, 3.63) is 200 Å². The Balaban J connectivity index is 0.000000136. The molecule has 0 radical (unpaired) electrons. The van der Waals surface area contributed by atoms with Crippen LogP contribution in [0.1, 0.15) is 71.6 Å². The lowest BCUT2D eigenvalue weighted by Crippen LogP contribution is -2.37. The second-order valence-electron chi connectivity index (χ2n) is 27.4. The number of nitrogens with one attached hydrogen (secondary N) is 6. The van der Waals surface area contributed by atoms with E-state index >= 15 is 0 Å². The molecule has 38 nitrogen and oxygen atoms in total. The van der Waals surface area contributed by atoms with Crippen LogP contribution in [0.25, 0.3) is 86.9 Å². The molecule has 644 valence electrons. The Hall–Kier alpha value is -13.5. The third-order valence-electron chi connectivity index (χ3n) is 19.2. The molecule has 0 aromatic carbocycles. The highest BCUT2D eigenvalue weighted by molar-refractivity contribution is 7.18. The van der Waals surface area contributed by atoms with Crippen LogP contribution in [0, 0.1) is 0 Å². The van der Waals surface area contributed by atoms with Crippen molar-refractivity contribution in [2.45, 2.75) is 32.2 Å². The molecule has 2 saturated heterocycles. The summed E-state index contributed by atoms with van der Waals surface area (Å²) in [5.41, 5.74) is 11.3. The van der Waals surface area contributed by atoms with E-state index in [4.69, 9.17) is 64.1 Å². The van der Waals surface area contributed by atoms with Crippen molar-refractivity contribution in [3.8, 4) is 51.8 Å². The second-order valence-corrected chi connectivity index (χ2v) is 30.8. The number of hydrogen-bond donors (Lipinski definition) is 7. The smallest absolute Gasteiger partial charge is 0.293 e. The summed E-state index contributed by atoms with van der Waals surface area (Å²) in [7, 11) is 6.38. The number of nitrogen functional groups attached to an aromatic ring is 1. The van der Waals surface area contributed by atoms with Crippen LogP contribution >= 0.6 is 45.3 Å². The molecule has 17 heterocycles. The van der Waals surface area contributed by atoms with Crippen LogP contribution in [0.3, 0.4) is 0 Å². The maximum atomic E-state index is 13.1. The number of ether oxygens (including phenoxy) is 6. The molecule has 0 aliphatic carbocycles. The number of amides is 4. The quantitative estimate of drug-likeness (QED) is 0.0200. The normalized spacial score (nSPS) is 12.5. The number of anilines is 4. The van der Waals surface area contributed by atoms with Gasteiger partial charge in [0.05, 0.1) is 103 Å². The fourth-order valence-electron chi connectivity index (χ4n) is 13.0. The monoisotopic (exact) mass is 1770 g/mol. The fourth-order valence-corrected chi connectivity index (χ4v) is 16.7. The molecule has 2 aliphatic rings. The minimum Gasteiger partial charge on any atom is -0.490 e. The third-order valence-corrected chi connectivity index (χ3v) is 22.7. The first-order valence-electron chi connectivity index (χ1n) is 39.6. The molecule has 125 heavy (non-hydrogen) atoms. The number of morpholine rings is 2. The molecule has 0 bridgehead atoms. The Morgan fingerprint density at radius 2 is 0.944 bits per heavy atom. The van der Waals surface area contributed by atoms with E-state index in [0.717, 1.165) is 66.6 Å². The number of nitrogens with zero attached hydrogens (tertiary/aromatic N) is 20. The topological polar surface area (TPSA) is 475 Å². The van der Waals surface area contributed by atoms with Crippen LogP contribution in [0.5, 0.6) is 5.75 Å². The number of hydrogen-bond acceptors (Lipinski definition) is 36. The Morgan fingerprint density at radius 1 is 0.480 bits per heavy atom. The molecule has 15 aromatic rings. The van der Waals surface area contributed by atoms with Crippen molar-refractivity contribution in [2.24, 2.45) is 0 Å². The molecule has 0 atom stereocenters. The Labute approximate surface area is 730 Å².